The van der Waals surface area contributed by atoms with E-state index in [1.807, 2.05) is 13.0 Å². The Morgan fingerprint density at radius 2 is 2.29 bits per heavy atom. The Kier molecular flexibility index (Phi) is 2.11. The second-order valence-electron chi connectivity index (χ2n) is 3.48. The van der Waals surface area contributed by atoms with Gasteiger partial charge < -0.3 is 0 Å². The van der Waals surface area contributed by atoms with Crippen molar-refractivity contribution in [1.29, 1.82) is 0 Å². The Hall–Kier alpha value is -1.58. The van der Waals surface area contributed by atoms with Crippen LogP contribution in [0.25, 0.3) is 5.65 Å². The molecule has 4 nitrogen and oxygen atoms in total. The van der Waals surface area contributed by atoms with Crippen molar-refractivity contribution in [1.82, 2.24) is 14.6 Å². The molecule has 0 bridgehead atoms. The molecule has 0 aliphatic rings. The summed E-state index contributed by atoms with van der Waals surface area (Å²) in [7, 11) is 0. The van der Waals surface area contributed by atoms with E-state index in [2.05, 4.69) is 17.0 Å². The second-order valence-corrected chi connectivity index (χ2v) is 3.48. The number of pyridine rings is 1. The first-order chi connectivity index (χ1) is 6.70. The number of H-pyrrole nitrogens is 1. The number of nitrogens with one attached hydrogen (secondary N) is 1. The third kappa shape index (κ3) is 1.43. The molecule has 4 heteroatoms. The second kappa shape index (κ2) is 3.29. The van der Waals surface area contributed by atoms with E-state index in [-0.39, 0.29) is 5.56 Å². The van der Waals surface area contributed by atoms with Gasteiger partial charge in [0.05, 0.1) is 0 Å². The van der Waals surface area contributed by atoms with Crippen molar-refractivity contribution >= 4 is 5.65 Å². The number of aromatic nitrogens is 3. The topological polar surface area (TPSA) is 50.2 Å². The number of fused-ring (bicyclic) bond motifs is 1. The molecule has 0 fully saturated rings. The molecule has 2 aromatic heterocycles. The molecule has 0 aliphatic carbocycles. The van der Waals surface area contributed by atoms with Crippen molar-refractivity contribution in [3.05, 3.63) is 33.9 Å². The lowest BCUT2D eigenvalue weighted by Gasteiger charge is -1.91. The molecular formula is C10H13N3O. The predicted molar refractivity (Wildman–Crippen MR) is 54.5 cm³/mol. The predicted octanol–water partition coefficient (Wildman–Crippen LogP) is 1.28. The summed E-state index contributed by atoms with van der Waals surface area (Å²) in [5, 5.41) is 2.99. The van der Waals surface area contributed by atoms with E-state index in [0.29, 0.717) is 5.65 Å². The fraction of sp³-hybridized carbons (Fsp3) is 0.400. The molecule has 0 radical (unpaired) electrons. The highest BCUT2D eigenvalue weighted by Crippen LogP contribution is 2.02. The summed E-state index contributed by atoms with van der Waals surface area (Å²) in [6.45, 7) is 3.98. The minimum absolute atomic E-state index is 0.0464. The number of aryl methyl sites for hydroxylation is 2. The molecule has 1 N–H and O–H groups in total. The van der Waals surface area contributed by atoms with E-state index < -0.39 is 0 Å². The van der Waals surface area contributed by atoms with Crippen LogP contribution in [0.5, 0.6) is 0 Å². The third-order valence-electron chi connectivity index (χ3n) is 2.13. The van der Waals surface area contributed by atoms with E-state index >= 15 is 0 Å². The lowest BCUT2D eigenvalue weighted by molar-refractivity contribution is 0.808. The largest absolute Gasteiger partial charge is 0.276 e. The molecule has 0 spiro atoms. The summed E-state index contributed by atoms with van der Waals surface area (Å²) in [6.07, 6.45) is 1.90. The summed E-state index contributed by atoms with van der Waals surface area (Å²) in [5.74, 6) is 0.871. The number of nitrogens with zero attached hydrogens (tertiary/aromatic N) is 2. The van der Waals surface area contributed by atoms with Crippen LogP contribution in [-0.4, -0.2) is 14.6 Å². The first kappa shape index (κ1) is 8.99. The van der Waals surface area contributed by atoms with Crippen molar-refractivity contribution in [2.24, 2.45) is 0 Å². The van der Waals surface area contributed by atoms with Crippen LogP contribution in [-0.2, 0) is 6.42 Å². The first-order valence-corrected chi connectivity index (χ1v) is 4.79. The fourth-order valence-electron chi connectivity index (χ4n) is 1.52. The lowest BCUT2D eigenvalue weighted by Crippen LogP contribution is -2.12. The van der Waals surface area contributed by atoms with E-state index in [1.165, 1.54) is 4.52 Å². The van der Waals surface area contributed by atoms with Gasteiger partial charge in [-0.3, -0.25) is 9.89 Å². The summed E-state index contributed by atoms with van der Waals surface area (Å²) in [4.78, 5) is 15.8. The minimum Gasteiger partial charge on any atom is -0.276 e. The maximum Gasteiger partial charge on any atom is 0.271 e. The maximum absolute atomic E-state index is 11.5. The number of rotatable bonds is 2. The average molecular weight is 191 g/mol. The minimum atomic E-state index is -0.0464. The van der Waals surface area contributed by atoms with E-state index in [9.17, 15) is 4.79 Å². The van der Waals surface area contributed by atoms with Gasteiger partial charge in [0.2, 0.25) is 0 Å². The van der Waals surface area contributed by atoms with Gasteiger partial charge in [0.1, 0.15) is 5.82 Å². The van der Waals surface area contributed by atoms with Crippen LogP contribution < -0.4 is 5.56 Å². The van der Waals surface area contributed by atoms with Gasteiger partial charge in [-0.05, 0) is 25.0 Å². The number of aromatic amines is 1. The Morgan fingerprint density at radius 1 is 1.50 bits per heavy atom. The number of hydrogen-bond acceptors (Lipinski definition) is 2. The SMILES string of the molecule is CCCc1nc2cc(C)cc(=O)n2[nH]1. The molecule has 0 unspecified atom stereocenters. The Bertz CT molecular complexity index is 510. The van der Waals surface area contributed by atoms with Crippen LogP contribution in [0.4, 0.5) is 0 Å². The average Bonchev–Trinajstić information content (AvgIpc) is 2.48. The molecule has 0 aliphatic heterocycles. The van der Waals surface area contributed by atoms with Crippen molar-refractivity contribution in [2.45, 2.75) is 26.7 Å². The highest BCUT2D eigenvalue weighted by molar-refractivity contribution is 5.39. The van der Waals surface area contributed by atoms with E-state index in [0.717, 1.165) is 24.2 Å². The van der Waals surface area contributed by atoms with Gasteiger partial charge >= 0.3 is 0 Å². The molecule has 0 saturated heterocycles. The monoisotopic (exact) mass is 191 g/mol. The fourth-order valence-corrected chi connectivity index (χ4v) is 1.52. The van der Waals surface area contributed by atoms with Crippen LogP contribution in [0, 0.1) is 6.92 Å². The summed E-state index contributed by atoms with van der Waals surface area (Å²) in [6, 6.07) is 3.50. The molecule has 2 heterocycles. The van der Waals surface area contributed by atoms with Crippen LogP contribution in [0.1, 0.15) is 24.7 Å². The van der Waals surface area contributed by atoms with Crippen molar-refractivity contribution in [3.63, 3.8) is 0 Å². The molecular weight excluding hydrogens is 178 g/mol. The zero-order valence-corrected chi connectivity index (χ0v) is 8.37. The Balaban J connectivity index is 2.65. The van der Waals surface area contributed by atoms with Crippen molar-refractivity contribution < 1.29 is 0 Å². The van der Waals surface area contributed by atoms with E-state index in [4.69, 9.17) is 0 Å². The molecule has 74 valence electrons. The van der Waals surface area contributed by atoms with Gasteiger partial charge in [-0.15, -0.1) is 0 Å². The summed E-state index contributed by atoms with van der Waals surface area (Å²) in [5.41, 5.74) is 1.61. The summed E-state index contributed by atoms with van der Waals surface area (Å²) < 4.78 is 1.48. The molecule has 2 rings (SSSR count). The Labute approximate surface area is 81.6 Å². The Morgan fingerprint density at radius 3 is 3.00 bits per heavy atom. The first-order valence-electron chi connectivity index (χ1n) is 4.79. The smallest absolute Gasteiger partial charge is 0.271 e. The zero-order valence-electron chi connectivity index (χ0n) is 8.37. The number of hydrogen-bond donors (Lipinski definition) is 1. The summed E-state index contributed by atoms with van der Waals surface area (Å²) >= 11 is 0. The molecule has 14 heavy (non-hydrogen) atoms. The normalized spacial score (nSPS) is 11.0. The van der Waals surface area contributed by atoms with Crippen molar-refractivity contribution in [3.8, 4) is 0 Å². The molecule has 0 atom stereocenters. The van der Waals surface area contributed by atoms with Crippen LogP contribution in [0.3, 0.4) is 0 Å². The van der Waals surface area contributed by atoms with Crippen LogP contribution in [0.15, 0.2) is 16.9 Å². The standard InChI is InChI=1S/C10H13N3O/c1-3-4-8-11-9-5-7(2)6-10(14)13(9)12-8/h5-6H,3-4H2,1-2H3,(H,11,12). The molecule has 0 saturated carbocycles. The highest BCUT2D eigenvalue weighted by Gasteiger charge is 2.03. The zero-order chi connectivity index (χ0) is 10.1. The third-order valence-corrected chi connectivity index (χ3v) is 2.13. The van der Waals surface area contributed by atoms with Gasteiger partial charge in [-0.25, -0.2) is 9.50 Å². The van der Waals surface area contributed by atoms with Gasteiger partial charge in [-0.2, -0.15) is 0 Å². The molecule has 0 amide bonds. The van der Waals surface area contributed by atoms with E-state index in [1.54, 1.807) is 6.07 Å². The van der Waals surface area contributed by atoms with Gasteiger partial charge in [-0.1, -0.05) is 6.92 Å². The van der Waals surface area contributed by atoms with Gasteiger partial charge in [0.25, 0.3) is 5.56 Å². The quantitative estimate of drug-likeness (QED) is 0.777. The lowest BCUT2D eigenvalue weighted by atomic mass is 10.3. The highest BCUT2D eigenvalue weighted by atomic mass is 16.1. The van der Waals surface area contributed by atoms with Gasteiger partial charge in [0.15, 0.2) is 5.65 Å². The molecule has 2 aromatic rings. The molecule has 0 aromatic carbocycles. The van der Waals surface area contributed by atoms with Crippen molar-refractivity contribution in [2.75, 3.05) is 0 Å². The van der Waals surface area contributed by atoms with Gasteiger partial charge in [0, 0.05) is 12.5 Å². The maximum atomic E-state index is 11.5. The van der Waals surface area contributed by atoms with Crippen LogP contribution in [0.2, 0.25) is 0 Å². The van der Waals surface area contributed by atoms with Crippen LogP contribution >= 0.6 is 0 Å².